The van der Waals surface area contributed by atoms with Gasteiger partial charge in [0.25, 0.3) is 0 Å². The summed E-state index contributed by atoms with van der Waals surface area (Å²) in [6.45, 7) is 2.38. The summed E-state index contributed by atoms with van der Waals surface area (Å²) >= 11 is 0. The van der Waals surface area contributed by atoms with Gasteiger partial charge in [-0.2, -0.15) is 0 Å². The molecule has 2 aromatic heterocycles. The van der Waals surface area contributed by atoms with Crippen molar-refractivity contribution >= 4 is 29.3 Å². The second kappa shape index (κ2) is 10.3. The van der Waals surface area contributed by atoms with Gasteiger partial charge in [0.15, 0.2) is 0 Å². The Morgan fingerprint density at radius 3 is 2.83 bits per heavy atom. The molecule has 1 aromatic carbocycles. The van der Waals surface area contributed by atoms with Crippen LogP contribution in [0.25, 0.3) is 10.9 Å². The number of hydrogen-bond acceptors (Lipinski definition) is 7. The fraction of sp³-hybridized carbons (Fsp3) is 0.200. The summed E-state index contributed by atoms with van der Waals surface area (Å²) in [6.07, 6.45) is 8.09. The third kappa shape index (κ3) is 5.46. The van der Waals surface area contributed by atoms with Crippen LogP contribution in [0.2, 0.25) is 0 Å². The molecule has 29 heavy (non-hydrogen) atoms. The number of oxime groups is 1. The Balaban J connectivity index is 0.000000438. The largest absolute Gasteiger partial charge is 0.438 e. The molecule has 0 unspecified atom stereocenters. The van der Waals surface area contributed by atoms with Gasteiger partial charge in [-0.3, -0.25) is 4.79 Å². The predicted molar refractivity (Wildman–Crippen MR) is 112 cm³/mol. The van der Waals surface area contributed by atoms with E-state index in [1.54, 1.807) is 0 Å². The van der Waals surface area contributed by atoms with E-state index in [1.165, 1.54) is 25.3 Å². The third-order valence-electron chi connectivity index (χ3n) is 3.92. The molecule has 0 atom stereocenters. The molecule has 0 saturated heterocycles. The maximum Gasteiger partial charge on any atom is 0.233 e. The number of nitrogens with zero attached hydrogens (tertiary/aromatic N) is 4. The van der Waals surface area contributed by atoms with Crippen LogP contribution < -0.4 is 15.8 Å². The Bertz CT molecular complexity index is 1050. The Hall–Kier alpha value is -4.06. The Kier molecular flexibility index (Phi) is 7.56. The van der Waals surface area contributed by atoms with Crippen molar-refractivity contribution in [3.05, 3.63) is 41.9 Å². The minimum Gasteiger partial charge on any atom is -0.438 e. The molecule has 3 rings (SSSR count). The van der Waals surface area contributed by atoms with Crippen molar-refractivity contribution in [3.63, 3.8) is 0 Å². The summed E-state index contributed by atoms with van der Waals surface area (Å²) in [4.78, 5) is 22.1. The van der Waals surface area contributed by atoms with Gasteiger partial charge >= 0.3 is 0 Å². The number of carbonyl (C=O) groups is 1. The van der Waals surface area contributed by atoms with E-state index >= 15 is 0 Å². The molecule has 0 spiro atoms. The highest BCUT2D eigenvalue weighted by atomic mass is 16.6. The number of fused-ring (bicyclic) bond motifs is 1. The topological polar surface area (TPSA) is 117 Å². The summed E-state index contributed by atoms with van der Waals surface area (Å²) in [5.74, 6) is 3.48. The minimum absolute atomic E-state index is 0.271. The predicted octanol–water partition coefficient (Wildman–Crippen LogP) is 2.00. The molecule has 150 valence electrons. The first-order chi connectivity index (χ1) is 14.0. The van der Waals surface area contributed by atoms with Gasteiger partial charge in [0, 0.05) is 23.6 Å². The van der Waals surface area contributed by atoms with Crippen molar-refractivity contribution in [2.24, 2.45) is 12.2 Å². The second-order valence-electron chi connectivity index (χ2n) is 5.77. The molecule has 3 N–H and O–H groups in total. The fourth-order valence-corrected chi connectivity index (χ4v) is 2.44. The molecule has 0 aliphatic rings. The molecule has 0 radical (unpaired) electrons. The van der Waals surface area contributed by atoms with Crippen LogP contribution in [0.15, 0.2) is 35.7 Å². The first-order valence-electron chi connectivity index (χ1n) is 8.53. The second-order valence-corrected chi connectivity index (χ2v) is 5.77. The number of carbonyl (C=O) groups excluding carboxylic acids is 1. The first-order valence-corrected chi connectivity index (χ1v) is 8.53. The van der Waals surface area contributed by atoms with Crippen LogP contribution in [0.3, 0.4) is 0 Å². The zero-order valence-electron chi connectivity index (χ0n) is 16.4. The molecular weight excluding hydrogens is 372 g/mol. The van der Waals surface area contributed by atoms with Gasteiger partial charge in [-0.25, -0.2) is 9.97 Å². The molecular formula is C20H22N6O3. The van der Waals surface area contributed by atoms with Crippen molar-refractivity contribution in [2.45, 2.75) is 6.92 Å². The summed E-state index contributed by atoms with van der Waals surface area (Å²) in [7, 11) is 3.48. The van der Waals surface area contributed by atoms with Crippen LogP contribution in [-0.4, -0.2) is 40.8 Å². The van der Waals surface area contributed by atoms with Gasteiger partial charge in [-0.1, -0.05) is 11.1 Å². The lowest BCUT2D eigenvalue weighted by Crippen LogP contribution is -2.09. The summed E-state index contributed by atoms with van der Waals surface area (Å²) in [5, 5.41) is 7.08. The van der Waals surface area contributed by atoms with Crippen LogP contribution in [-0.2, 0) is 16.7 Å². The lowest BCUT2D eigenvalue weighted by Gasteiger charge is -2.08. The van der Waals surface area contributed by atoms with E-state index in [2.05, 4.69) is 48.8 Å². The number of aryl methyl sites for hydroxylation is 2. The van der Waals surface area contributed by atoms with E-state index < -0.39 is 0 Å². The highest BCUT2D eigenvalue weighted by molar-refractivity contribution is 5.88. The lowest BCUT2D eigenvalue weighted by molar-refractivity contribution is -0.109. The standard InChI is InChI=1S/C16H17N5O2.C4H5NO/c1-10-6-11-7-12(4-5-14(11)21(10)2)23-16-13(8-20-22-3)15(17)18-9-19-16;1-2-3-5-4-6/h4-9H,1-3H3,(H2,17,18,19);1,4H,3H2,(H,5,6)/b20-8+;. The van der Waals surface area contributed by atoms with Crippen LogP contribution >= 0.6 is 0 Å². The van der Waals surface area contributed by atoms with Crippen molar-refractivity contribution in [3.8, 4) is 24.0 Å². The molecule has 2 heterocycles. The van der Waals surface area contributed by atoms with E-state index in [9.17, 15) is 4.79 Å². The van der Waals surface area contributed by atoms with Gasteiger partial charge < -0.3 is 25.2 Å². The summed E-state index contributed by atoms with van der Waals surface area (Å²) < 4.78 is 7.98. The molecule has 1 amide bonds. The van der Waals surface area contributed by atoms with Crippen molar-refractivity contribution in [1.82, 2.24) is 19.9 Å². The Morgan fingerprint density at radius 2 is 2.17 bits per heavy atom. The van der Waals surface area contributed by atoms with Gasteiger partial charge in [0.2, 0.25) is 12.3 Å². The number of nitrogen functional groups attached to an aromatic ring is 1. The van der Waals surface area contributed by atoms with E-state index in [1.807, 2.05) is 25.2 Å². The number of benzene rings is 1. The monoisotopic (exact) mass is 394 g/mol. The Morgan fingerprint density at radius 1 is 1.38 bits per heavy atom. The maximum absolute atomic E-state index is 9.36. The van der Waals surface area contributed by atoms with Crippen molar-refractivity contribution in [1.29, 1.82) is 0 Å². The number of nitrogens with one attached hydrogen (secondary N) is 1. The average Bonchev–Trinajstić information content (AvgIpc) is 2.99. The number of hydrogen-bond donors (Lipinski definition) is 2. The van der Waals surface area contributed by atoms with Crippen molar-refractivity contribution < 1.29 is 14.4 Å². The number of anilines is 1. The lowest BCUT2D eigenvalue weighted by atomic mass is 10.2. The maximum atomic E-state index is 9.36. The fourth-order valence-electron chi connectivity index (χ4n) is 2.44. The number of nitrogens with two attached hydrogens (primary N) is 1. The quantitative estimate of drug-likeness (QED) is 0.217. The Labute approximate surface area is 168 Å². The number of aromatic nitrogens is 3. The zero-order valence-corrected chi connectivity index (χ0v) is 16.4. The summed E-state index contributed by atoms with van der Waals surface area (Å²) in [5.41, 5.74) is 8.63. The molecule has 3 aromatic rings. The SMILES string of the molecule is C#CCNC=O.CO/N=C/c1c(N)ncnc1Oc1ccc2c(c1)cc(C)n2C. The van der Waals surface area contributed by atoms with E-state index in [4.69, 9.17) is 16.9 Å². The number of rotatable bonds is 6. The molecule has 9 nitrogen and oxygen atoms in total. The van der Waals surface area contributed by atoms with Gasteiger partial charge in [0.05, 0.1) is 12.8 Å². The van der Waals surface area contributed by atoms with Crippen molar-refractivity contribution in [2.75, 3.05) is 19.4 Å². The first kappa shape index (κ1) is 21.2. The molecule has 0 aliphatic heterocycles. The zero-order chi connectivity index (χ0) is 21.2. The highest BCUT2D eigenvalue weighted by Crippen LogP contribution is 2.28. The molecule has 9 heteroatoms. The summed E-state index contributed by atoms with van der Waals surface area (Å²) in [6, 6.07) is 7.95. The minimum atomic E-state index is 0.271. The van der Waals surface area contributed by atoms with E-state index in [0.717, 1.165) is 10.9 Å². The molecule has 0 aliphatic carbocycles. The van der Waals surface area contributed by atoms with Crippen LogP contribution in [0.1, 0.15) is 11.3 Å². The number of ether oxygens (including phenoxy) is 1. The van der Waals surface area contributed by atoms with E-state index in [0.29, 0.717) is 30.1 Å². The number of terminal acetylenes is 1. The van der Waals surface area contributed by atoms with Gasteiger partial charge in [-0.05, 0) is 31.2 Å². The van der Waals surface area contributed by atoms with Crippen LogP contribution in [0.5, 0.6) is 11.6 Å². The molecule has 0 fully saturated rings. The van der Waals surface area contributed by atoms with Crippen LogP contribution in [0.4, 0.5) is 5.82 Å². The van der Waals surface area contributed by atoms with Gasteiger partial charge in [0.1, 0.15) is 30.6 Å². The molecule has 0 bridgehead atoms. The molecule has 0 saturated carbocycles. The normalized spacial score (nSPS) is 10.1. The van der Waals surface area contributed by atoms with E-state index in [-0.39, 0.29) is 5.82 Å². The highest BCUT2D eigenvalue weighted by Gasteiger charge is 2.11. The average molecular weight is 394 g/mol. The van der Waals surface area contributed by atoms with Gasteiger partial charge in [-0.15, -0.1) is 6.42 Å². The third-order valence-corrected chi connectivity index (χ3v) is 3.92. The smallest absolute Gasteiger partial charge is 0.233 e. The number of amides is 1. The van der Waals surface area contributed by atoms with Crippen LogP contribution in [0, 0.1) is 19.3 Å².